The lowest BCUT2D eigenvalue weighted by Crippen LogP contribution is -2.10. The van der Waals surface area contributed by atoms with Crippen molar-refractivity contribution in [1.29, 1.82) is 0 Å². The number of nitrogens with zero attached hydrogens (tertiary/aromatic N) is 2. The van der Waals surface area contributed by atoms with Gasteiger partial charge in [0.25, 0.3) is 0 Å². The van der Waals surface area contributed by atoms with Gasteiger partial charge in [0, 0.05) is 33.5 Å². The van der Waals surface area contributed by atoms with Crippen LogP contribution in [-0.2, 0) is 0 Å². The van der Waals surface area contributed by atoms with E-state index in [9.17, 15) is 0 Å². The second kappa shape index (κ2) is 14.4. The molecule has 0 aliphatic heterocycles. The molecule has 56 heavy (non-hydrogen) atoms. The minimum atomic E-state index is 1.09. The highest BCUT2D eigenvalue weighted by atomic mass is 15.1. The molecule has 9 aromatic carbocycles. The zero-order chi connectivity index (χ0) is 37.3. The van der Waals surface area contributed by atoms with Gasteiger partial charge in [0.05, 0.1) is 11.0 Å². The third-order valence-corrected chi connectivity index (χ3v) is 10.8. The molecule has 0 atom stereocenters. The van der Waals surface area contributed by atoms with Gasteiger partial charge >= 0.3 is 0 Å². The second-order valence-corrected chi connectivity index (χ2v) is 14.2. The summed E-state index contributed by atoms with van der Waals surface area (Å²) in [5.74, 6) is 0. The van der Waals surface area contributed by atoms with Crippen molar-refractivity contribution in [3.8, 4) is 50.2 Å². The Morgan fingerprint density at radius 2 is 0.589 bits per heavy atom. The first kappa shape index (κ1) is 33.2. The Labute approximate surface area is 327 Å². The predicted molar refractivity (Wildman–Crippen MR) is 237 cm³/mol. The van der Waals surface area contributed by atoms with E-state index in [2.05, 4.69) is 240 Å². The van der Waals surface area contributed by atoms with Gasteiger partial charge < -0.3 is 9.47 Å². The Bertz CT molecular complexity index is 2730. The Hall–Kier alpha value is -7.42. The molecule has 2 heteroatoms. The summed E-state index contributed by atoms with van der Waals surface area (Å²) in [5.41, 5.74) is 16.4. The molecule has 10 rings (SSSR count). The minimum Gasteiger partial charge on any atom is -0.310 e. The lowest BCUT2D eigenvalue weighted by molar-refractivity contribution is 1.17. The van der Waals surface area contributed by atoms with Gasteiger partial charge in [0.15, 0.2) is 0 Å². The van der Waals surface area contributed by atoms with Crippen LogP contribution < -0.4 is 4.90 Å². The third-order valence-electron chi connectivity index (χ3n) is 10.8. The van der Waals surface area contributed by atoms with Crippen LogP contribution in [0.5, 0.6) is 0 Å². The first-order valence-electron chi connectivity index (χ1n) is 19.2. The zero-order valence-corrected chi connectivity index (χ0v) is 30.8. The summed E-state index contributed by atoms with van der Waals surface area (Å²) in [6, 6.07) is 83.0. The normalized spacial score (nSPS) is 11.2. The maximum atomic E-state index is 2.39. The molecule has 0 N–H and O–H groups in total. The van der Waals surface area contributed by atoms with Crippen LogP contribution in [0.4, 0.5) is 17.1 Å². The highest BCUT2D eigenvalue weighted by molar-refractivity contribution is 6.09. The van der Waals surface area contributed by atoms with E-state index in [1.165, 1.54) is 66.3 Å². The van der Waals surface area contributed by atoms with E-state index in [1.807, 2.05) is 0 Å². The van der Waals surface area contributed by atoms with Gasteiger partial charge in [-0.25, -0.2) is 0 Å². The van der Waals surface area contributed by atoms with E-state index in [-0.39, 0.29) is 0 Å². The van der Waals surface area contributed by atoms with E-state index in [1.54, 1.807) is 0 Å². The van der Waals surface area contributed by atoms with Gasteiger partial charge in [-0.3, -0.25) is 0 Å². The van der Waals surface area contributed by atoms with Gasteiger partial charge in [0.1, 0.15) is 0 Å². The largest absolute Gasteiger partial charge is 0.310 e. The molecule has 0 aliphatic rings. The number of benzene rings is 9. The van der Waals surface area contributed by atoms with E-state index >= 15 is 0 Å². The molecule has 0 radical (unpaired) electrons. The van der Waals surface area contributed by atoms with Crippen LogP contribution in [0.25, 0.3) is 72.0 Å². The van der Waals surface area contributed by atoms with Gasteiger partial charge in [-0.05, 0) is 99.1 Å². The van der Waals surface area contributed by atoms with Crippen molar-refractivity contribution in [1.82, 2.24) is 4.57 Å². The average molecular weight is 715 g/mol. The predicted octanol–water partition coefficient (Wildman–Crippen LogP) is 14.9. The van der Waals surface area contributed by atoms with Crippen molar-refractivity contribution < 1.29 is 0 Å². The van der Waals surface area contributed by atoms with Crippen LogP contribution in [-0.4, -0.2) is 4.57 Å². The SMILES string of the molecule is c1ccc(-c2ccc(-c3ccc(N(c4ccc(-c5ccc(-c6ccccc6)cc5)cc4)c4cccc(-n5c6ccccc6c6ccccc65)c4)cc3)cc2)cc1. The number of rotatable bonds is 8. The molecular formula is C54H38N2. The molecule has 0 aliphatic carbocycles. The van der Waals surface area contributed by atoms with Crippen molar-refractivity contribution in [2.24, 2.45) is 0 Å². The highest BCUT2D eigenvalue weighted by Gasteiger charge is 2.17. The Kier molecular flexibility index (Phi) is 8.55. The first-order chi connectivity index (χ1) is 27.8. The van der Waals surface area contributed by atoms with Crippen LogP contribution in [0.2, 0.25) is 0 Å². The van der Waals surface area contributed by atoms with Gasteiger partial charge in [-0.2, -0.15) is 0 Å². The van der Waals surface area contributed by atoms with E-state index in [4.69, 9.17) is 0 Å². The van der Waals surface area contributed by atoms with Crippen molar-refractivity contribution in [3.05, 3.63) is 231 Å². The summed E-state index contributed by atoms with van der Waals surface area (Å²) in [6.45, 7) is 0. The molecule has 0 bridgehead atoms. The van der Waals surface area contributed by atoms with Crippen LogP contribution in [0, 0.1) is 0 Å². The van der Waals surface area contributed by atoms with Crippen molar-refractivity contribution in [2.75, 3.05) is 4.90 Å². The average Bonchev–Trinajstić information content (AvgIpc) is 3.62. The fourth-order valence-corrected chi connectivity index (χ4v) is 8.00. The molecule has 1 heterocycles. The molecule has 0 fully saturated rings. The van der Waals surface area contributed by atoms with Gasteiger partial charge in [-0.1, -0.05) is 176 Å². The summed E-state index contributed by atoms with van der Waals surface area (Å²) >= 11 is 0. The Morgan fingerprint density at radius 3 is 1.00 bits per heavy atom. The summed E-state index contributed by atoms with van der Waals surface area (Å²) < 4.78 is 2.39. The Morgan fingerprint density at radius 1 is 0.250 bits per heavy atom. The molecule has 264 valence electrons. The third kappa shape index (κ3) is 6.24. The highest BCUT2D eigenvalue weighted by Crippen LogP contribution is 2.39. The molecule has 1 aromatic heterocycles. The minimum absolute atomic E-state index is 1.09. The second-order valence-electron chi connectivity index (χ2n) is 14.2. The molecule has 0 saturated carbocycles. The monoisotopic (exact) mass is 714 g/mol. The molecule has 0 unspecified atom stereocenters. The standard InChI is InChI=1S/C54H38N2/c1-3-12-39(13-4-1)41-22-26-43(27-23-41)45-30-34-47(35-31-45)55(48-36-32-46(33-37-48)44-28-24-42(25-29-44)40-14-5-2-6-15-40)49-16-11-17-50(38-49)56-53-20-9-7-18-51(53)52-19-8-10-21-54(52)56/h1-38H. The van der Waals surface area contributed by atoms with Crippen molar-refractivity contribution in [3.63, 3.8) is 0 Å². The number of para-hydroxylation sites is 2. The number of hydrogen-bond donors (Lipinski definition) is 0. The molecular weight excluding hydrogens is 677 g/mol. The lowest BCUT2D eigenvalue weighted by atomic mass is 9.99. The summed E-state index contributed by atoms with van der Waals surface area (Å²) in [7, 11) is 0. The van der Waals surface area contributed by atoms with Gasteiger partial charge in [-0.15, -0.1) is 0 Å². The van der Waals surface area contributed by atoms with Crippen LogP contribution >= 0.6 is 0 Å². The fraction of sp³-hybridized carbons (Fsp3) is 0. The molecule has 0 spiro atoms. The number of fused-ring (bicyclic) bond motifs is 3. The maximum absolute atomic E-state index is 2.39. The number of hydrogen-bond acceptors (Lipinski definition) is 1. The number of anilines is 3. The van der Waals surface area contributed by atoms with E-state index in [0.717, 1.165) is 22.7 Å². The Balaban J connectivity index is 1.03. The molecule has 0 saturated heterocycles. The van der Waals surface area contributed by atoms with E-state index in [0.29, 0.717) is 0 Å². The molecule has 10 aromatic rings. The van der Waals surface area contributed by atoms with Crippen LogP contribution in [0.15, 0.2) is 231 Å². The smallest absolute Gasteiger partial charge is 0.0541 e. The van der Waals surface area contributed by atoms with Crippen molar-refractivity contribution in [2.45, 2.75) is 0 Å². The molecule has 2 nitrogen and oxygen atoms in total. The maximum Gasteiger partial charge on any atom is 0.0541 e. The topological polar surface area (TPSA) is 8.17 Å². The van der Waals surface area contributed by atoms with Gasteiger partial charge in [0.2, 0.25) is 0 Å². The van der Waals surface area contributed by atoms with Crippen molar-refractivity contribution >= 4 is 38.9 Å². The quantitative estimate of drug-likeness (QED) is 0.152. The summed E-state index contributed by atoms with van der Waals surface area (Å²) in [6.07, 6.45) is 0. The zero-order valence-electron chi connectivity index (χ0n) is 30.8. The first-order valence-corrected chi connectivity index (χ1v) is 19.2. The van der Waals surface area contributed by atoms with Crippen LogP contribution in [0.3, 0.4) is 0 Å². The fourth-order valence-electron chi connectivity index (χ4n) is 8.00. The number of aromatic nitrogens is 1. The summed E-state index contributed by atoms with van der Waals surface area (Å²) in [4.78, 5) is 2.36. The lowest BCUT2D eigenvalue weighted by Gasteiger charge is -2.26. The van der Waals surface area contributed by atoms with Crippen LogP contribution in [0.1, 0.15) is 0 Å². The van der Waals surface area contributed by atoms with E-state index < -0.39 is 0 Å². The summed E-state index contributed by atoms with van der Waals surface area (Å²) in [5, 5.41) is 2.51. The molecule has 0 amide bonds.